The Morgan fingerprint density at radius 2 is 1.84 bits per heavy atom. The number of rotatable bonds is 6. The van der Waals surface area contributed by atoms with Crippen LogP contribution in [-0.4, -0.2) is 12.5 Å². The first-order valence-electron chi connectivity index (χ1n) is 8.95. The van der Waals surface area contributed by atoms with Crippen LogP contribution in [0.2, 0.25) is 5.02 Å². The molecule has 25 heavy (non-hydrogen) atoms. The summed E-state index contributed by atoms with van der Waals surface area (Å²) in [6, 6.07) is 13.7. The summed E-state index contributed by atoms with van der Waals surface area (Å²) in [5, 5.41) is 3.73. The van der Waals surface area contributed by atoms with Crippen LogP contribution in [0.3, 0.4) is 0 Å². The van der Waals surface area contributed by atoms with Gasteiger partial charge < -0.3 is 10.1 Å². The number of nitrogens with one attached hydrogen (secondary N) is 1. The minimum absolute atomic E-state index is 0.00305. The fraction of sp³-hybridized carbons (Fsp3) is 0.381. The number of hydrogen-bond donors (Lipinski definition) is 1. The predicted octanol–water partition coefficient (Wildman–Crippen LogP) is 4.87. The molecule has 0 aliphatic heterocycles. The number of carbonyl (C=O) groups is 1. The minimum Gasteiger partial charge on any atom is -0.484 e. The second-order valence-corrected chi connectivity index (χ2v) is 6.94. The molecule has 0 aromatic heterocycles. The topological polar surface area (TPSA) is 38.3 Å². The fourth-order valence-corrected chi connectivity index (χ4v) is 3.43. The van der Waals surface area contributed by atoms with Gasteiger partial charge in [0.2, 0.25) is 0 Å². The van der Waals surface area contributed by atoms with E-state index in [9.17, 15) is 4.79 Å². The van der Waals surface area contributed by atoms with Gasteiger partial charge >= 0.3 is 0 Å². The molecule has 4 heteroatoms. The monoisotopic (exact) mass is 357 g/mol. The normalized spacial score (nSPS) is 14.5. The smallest absolute Gasteiger partial charge is 0.258 e. The standard InChI is InChI=1S/C21H24ClNO2/c1-2-20(17-8-7-15-5-3-4-6-16(15)13-17)23-21(24)14-25-19-11-9-18(22)10-12-19/h7-13,20H,2-6,14H2,1H3,(H,23,24)/t20-/m0/s1. The van der Waals surface area contributed by atoms with Gasteiger partial charge in [0.15, 0.2) is 6.61 Å². The summed E-state index contributed by atoms with van der Waals surface area (Å²) in [5.74, 6) is 0.529. The van der Waals surface area contributed by atoms with E-state index in [1.807, 2.05) is 0 Å². The van der Waals surface area contributed by atoms with E-state index in [2.05, 4.69) is 30.4 Å². The van der Waals surface area contributed by atoms with E-state index in [0.717, 1.165) is 12.8 Å². The van der Waals surface area contributed by atoms with Crippen LogP contribution < -0.4 is 10.1 Å². The Morgan fingerprint density at radius 1 is 1.12 bits per heavy atom. The van der Waals surface area contributed by atoms with E-state index < -0.39 is 0 Å². The van der Waals surface area contributed by atoms with E-state index in [1.165, 1.54) is 36.0 Å². The molecule has 132 valence electrons. The van der Waals surface area contributed by atoms with Crippen molar-refractivity contribution in [2.45, 2.75) is 45.1 Å². The van der Waals surface area contributed by atoms with Gasteiger partial charge in [0.1, 0.15) is 5.75 Å². The van der Waals surface area contributed by atoms with Crippen molar-refractivity contribution in [2.24, 2.45) is 0 Å². The molecule has 0 radical (unpaired) electrons. The molecule has 1 aliphatic carbocycles. The lowest BCUT2D eigenvalue weighted by Crippen LogP contribution is -2.32. The lowest BCUT2D eigenvalue weighted by Gasteiger charge is -2.21. The highest BCUT2D eigenvalue weighted by Gasteiger charge is 2.16. The van der Waals surface area contributed by atoms with Crippen molar-refractivity contribution in [1.82, 2.24) is 5.32 Å². The zero-order valence-corrected chi connectivity index (χ0v) is 15.3. The van der Waals surface area contributed by atoms with Crippen molar-refractivity contribution in [2.75, 3.05) is 6.61 Å². The maximum atomic E-state index is 12.3. The third-order valence-corrected chi connectivity index (χ3v) is 4.95. The fourth-order valence-electron chi connectivity index (χ4n) is 3.31. The van der Waals surface area contributed by atoms with Crippen molar-refractivity contribution < 1.29 is 9.53 Å². The second-order valence-electron chi connectivity index (χ2n) is 6.51. The number of benzene rings is 2. The van der Waals surface area contributed by atoms with Crippen molar-refractivity contribution in [3.05, 3.63) is 64.2 Å². The Labute approximate surface area is 154 Å². The van der Waals surface area contributed by atoms with Crippen LogP contribution in [-0.2, 0) is 17.6 Å². The van der Waals surface area contributed by atoms with Gasteiger partial charge in [0, 0.05) is 5.02 Å². The largest absolute Gasteiger partial charge is 0.484 e. The molecule has 1 aliphatic rings. The van der Waals surface area contributed by atoms with Gasteiger partial charge in [-0.25, -0.2) is 0 Å². The molecule has 2 aromatic carbocycles. The molecule has 0 heterocycles. The molecule has 1 N–H and O–H groups in total. The van der Waals surface area contributed by atoms with E-state index in [4.69, 9.17) is 16.3 Å². The van der Waals surface area contributed by atoms with Gasteiger partial charge in [-0.15, -0.1) is 0 Å². The SMILES string of the molecule is CC[C@H](NC(=O)COc1ccc(Cl)cc1)c1ccc2c(c1)CCCC2. The van der Waals surface area contributed by atoms with Crippen LogP contribution in [0, 0.1) is 0 Å². The van der Waals surface area contributed by atoms with Crippen LogP contribution in [0.1, 0.15) is 48.9 Å². The number of ether oxygens (including phenoxy) is 1. The minimum atomic E-state index is -0.112. The summed E-state index contributed by atoms with van der Waals surface area (Å²) >= 11 is 5.85. The zero-order chi connectivity index (χ0) is 17.6. The molecule has 3 nitrogen and oxygen atoms in total. The molecule has 0 fully saturated rings. The Balaban J connectivity index is 1.59. The molecule has 1 atom stereocenters. The van der Waals surface area contributed by atoms with Gasteiger partial charge in [-0.2, -0.15) is 0 Å². The molecular weight excluding hydrogens is 334 g/mol. The lowest BCUT2D eigenvalue weighted by molar-refractivity contribution is -0.123. The average molecular weight is 358 g/mol. The highest BCUT2D eigenvalue weighted by molar-refractivity contribution is 6.30. The Kier molecular flexibility index (Phi) is 5.98. The van der Waals surface area contributed by atoms with E-state index in [1.54, 1.807) is 24.3 Å². The van der Waals surface area contributed by atoms with Crippen molar-refractivity contribution in [1.29, 1.82) is 0 Å². The van der Waals surface area contributed by atoms with E-state index >= 15 is 0 Å². The molecule has 0 bridgehead atoms. The Morgan fingerprint density at radius 3 is 2.56 bits per heavy atom. The summed E-state index contributed by atoms with van der Waals surface area (Å²) in [6.07, 6.45) is 5.71. The molecule has 0 spiro atoms. The molecule has 3 rings (SSSR count). The summed E-state index contributed by atoms with van der Waals surface area (Å²) in [4.78, 5) is 12.3. The number of halogens is 1. The lowest BCUT2D eigenvalue weighted by atomic mass is 9.89. The van der Waals surface area contributed by atoms with Crippen LogP contribution in [0.5, 0.6) is 5.75 Å². The number of amides is 1. The Bertz CT molecular complexity index is 727. The average Bonchev–Trinajstić information content (AvgIpc) is 2.65. The zero-order valence-electron chi connectivity index (χ0n) is 14.6. The van der Waals surface area contributed by atoms with Crippen LogP contribution in [0.25, 0.3) is 0 Å². The van der Waals surface area contributed by atoms with Crippen molar-refractivity contribution >= 4 is 17.5 Å². The van der Waals surface area contributed by atoms with Crippen LogP contribution >= 0.6 is 11.6 Å². The van der Waals surface area contributed by atoms with Crippen LogP contribution in [0.15, 0.2) is 42.5 Å². The van der Waals surface area contributed by atoms with Gasteiger partial charge in [0.05, 0.1) is 6.04 Å². The van der Waals surface area contributed by atoms with Crippen molar-refractivity contribution in [3.8, 4) is 5.75 Å². The molecule has 1 amide bonds. The van der Waals surface area contributed by atoms with Crippen LogP contribution in [0.4, 0.5) is 0 Å². The molecule has 2 aromatic rings. The number of fused-ring (bicyclic) bond motifs is 1. The highest BCUT2D eigenvalue weighted by atomic mass is 35.5. The van der Waals surface area contributed by atoms with Crippen molar-refractivity contribution in [3.63, 3.8) is 0 Å². The summed E-state index contributed by atoms with van der Waals surface area (Å²) in [7, 11) is 0. The third-order valence-electron chi connectivity index (χ3n) is 4.70. The first kappa shape index (κ1) is 17.8. The first-order chi connectivity index (χ1) is 12.2. The van der Waals surface area contributed by atoms with Gasteiger partial charge in [-0.3, -0.25) is 4.79 Å². The maximum Gasteiger partial charge on any atom is 0.258 e. The van der Waals surface area contributed by atoms with Gasteiger partial charge in [0.25, 0.3) is 5.91 Å². The third kappa shape index (κ3) is 4.76. The molecule has 0 saturated carbocycles. The second kappa shape index (κ2) is 8.39. The Hall–Kier alpha value is -2.00. The number of hydrogen-bond acceptors (Lipinski definition) is 2. The number of aryl methyl sites for hydroxylation is 2. The first-order valence-corrected chi connectivity index (χ1v) is 9.33. The number of carbonyl (C=O) groups excluding carboxylic acids is 1. The maximum absolute atomic E-state index is 12.3. The summed E-state index contributed by atoms with van der Waals surface area (Å²) < 4.78 is 5.52. The highest BCUT2D eigenvalue weighted by Crippen LogP contribution is 2.26. The van der Waals surface area contributed by atoms with E-state index in [0.29, 0.717) is 10.8 Å². The summed E-state index contributed by atoms with van der Waals surface area (Å²) in [6.45, 7) is 2.09. The molecule has 0 unspecified atom stereocenters. The van der Waals surface area contributed by atoms with Gasteiger partial charge in [-0.05, 0) is 73.1 Å². The molecular formula is C21H24ClNO2. The van der Waals surface area contributed by atoms with E-state index in [-0.39, 0.29) is 18.6 Å². The molecule has 0 saturated heterocycles. The quantitative estimate of drug-likeness (QED) is 0.801. The van der Waals surface area contributed by atoms with Gasteiger partial charge in [-0.1, -0.05) is 36.7 Å². The predicted molar refractivity (Wildman–Crippen MR) is 101 cm³/mol. The summed E-state index contributed by atoms with van der Waals surface area (Å²) in [5.41, 5.74) is 4.08.